The number of hydrogen-bond donors (Lipinski definition) is 3. The number of carboxylic acid groups (broad SMARTS) is 1. The number of aryl methyl sites for hydroxylation is 2. The van der Waals surface area contributed by atoms with Gasteiger partial charge in [0.1, 0.15) is 17.1 Å². The number of fused-ring (bicyclic) bond motifs is 2. The van der Waals surface area contributed by atoms with Crippen molar-refractivity contribution in [3.8, 4) is 5.75 Å². The van der Waals surface area contributed by atoms with E-state index in [1.807, 2.05) is 0 Å². The molecular weight excluding hydrogens is 264 g/mol. The van der Waals surface area contributed by atoms with E-state index in [1.54, 1.807) is 26.0 Å². The third-order valence-electron chi connectivity index (χ3n) is 3.22. The number of aliphatic hydroxyl groups is 1. The van der Waals surface area contributed by atoms with Gasteiger partial charge in [0.25, 0.3) is 0 Å². The molecule has 104 valence electrons. The second-order valence-electron chi connectivity index (χ2n) is 4.70. The highest BCUT2D eigenvalue weighted by molar-refractivity contribution is 6.06. The summed E-state index contributed by atoms with van der Waals surface area (Å²) >= 11 is 0. The van der Waals surface area contributed by atoms with E-state index >= 15 is 0 Å². The Hall–Kier alpha value is -2.47. The van der Waals surface area contributed by atoms with Crippen LogP contribution in [-0.4, -0.2) is 21.3 Å². The Kier molecular flexibility index (Phi) is 2.52. The Morgan fingerprint density at radius 2 is 1.65 bits per heavy atom. The standard InChI is InChI=1S/C14H12O6/c1-5-3-7-9(11(16)14(17)18)12-8(4-6(2)19-12)10(15)13(7)20-5/h3-4,11,15-16H,1-2H3,(H,17,18). The lowest BCUT2D eigenvalue weighted by atomic mass is 10.0. The highest BCUT2D eigenvalue weighted by Crippen LogP contribution is 2.42. The molecule has 1 unspecified atom stereocenters. The molecule has 6 heteroatoms. The number of phenolic OH excluding ortho intramolecular Hbond substituents is 1. The van der Waals surface area contributed by atoms with Gasteiger partial charge < -0.3 is 24.2 Å². The Bertz CT molecular complexity index is 781. The van der Waals surface area contributed by atoms with Crippen LogP contribution in [0.1, 0.15) is 23.2 Å². The highest BCUT2D eigenvalue weighted by Gasteiger charge is 2.28. The maximum Gasteiger partial charge on any atom is 0.337 e. The van der Waals surface area contributed by atoms with Gasteiger partial charge in [-0.05, 0) is 26.0 Å². The van der Waals surface area contributed by atoms with Gasteiger partial charge in [-0.3, -0.25) is 0 Å². The summed E-state index contributed by atoms with van der Waals surface area (Å²) in [4.78, 5) is 11.1. The number of furan rings is 2. The number of phenols is 1. The van der Waals surface area contributed by atoms with Crippen molar-refractivity contribution in [1.29, 1.82) is 0 Å². The van der Waals surface area contributed by atoms with Gasteiger partial charge in [0.05, 0.1) is 5.39 Å². The molecule has 0 bridgehead atoms. The van der Waals surface area contributed by atoms with Crippen LogP contribution in [0.4, 0.5) is 0 Å². The molecular formula is C14H12O6. The molecule has 0 fully saturated rings. The monoisotopic (exact) mass is 276 g/mol. The van der Waals surface area contributed by atoms with E-state index in [9.17, 15) is 15.0 Å². The van der Waals surface area contributed by atoms with Crippen molar-refractivity contribution >= 4 is 27.9 Å². The third-order valence-corrected chi connectivity index (χ3v) is 3.22. The smallest absolute Gasteiger partial charge is 0.337 e. The first kappa shape index (κ1) is 12.6. The third kappa shape index (κ3) is 1.58. The van der Waals surface area contributed by atoms with Gasteiger partial charge in [0.15, 0.2) is 17.4 Å². The summed E-state index contributed by atoms with van der Waals surface area (Å²) in [6, 6.07) is 3.13. The van der Waals surface area contributed by atoms with Gasteiger partial charge in [-0.1, -0.05) is 0 Å². The Balaban J connectivity index is 2.54. The average molecular weight is 276 g/mol. The summed E-state index contributed by atoms with van der Waals surface area (Å²) in [5.74, 6) is -0.524. The minimum absolute atomic E-state index is 0.0882. The van der Waals surface area contributed by atoms with E-state index < -0.39 is 12.1 Å². The lowest BCUT2D eigenvalue weighted by Gasteiger charge is -2.09. The fourth-order valence-electron chi connectivity index (χ4n) is 2.42. The summed E-state index contributed by atoms with van der Waals surface area (Å²) < 4.78 is 10.8. The van der Waals surface area contributed by atoms with Crippen LogP contribution >= 0.6 is 0 Å². The van der Waals surface area contributed by atoms with E-state index in [0.717, 1.165) is 0 Å². The van der Waals surface area contributed by atoms with E-state index in [4.69, 9.17) is 13.9 Å². The number of carbonyl (C=O) groups is 1. The zero-order chi connectivity index (χ0) is 14.6. The van der Waals surface area contributed by atoms with E-state index in [2.05, 4.69) is 0 Å². The molecule has 3 rings (SSSR count). The lowest BCUT2D eigenvalue weighted by Crippen LogP contribution is -2.11. The zero-order valence-electron chi connectivity index (χ0n) is 10.8. The predicted molar refractivity (Wildman–Crippen MR) is 69.7 cm³/mol. The van der Waals surface area contributed by atoms with Crippen molar-refractivity contribution in [3.05, 3.63) is 29.2 Å². The van der Waals surface area contributed by atoms with E-state index in [1.165, 1.54) is 0 Å². The van der Waals surface area contributed by atoms with Crippen molar-refractivity contribution in [2.45, 2.75) is 20.0 Å². The first-order chi connectivity index (χ1) is 9.40. The van der Waals surface area contributed by atoms with Crippen molar-refractivity contribution < 1.29 is 28.9 Å². The summed E-state index contributed by atoms with van der Waals surface area (Å²) in [7, 11) is 0. The number of aliphatic carboxylic acids is 1. The topological polar surface area (TPSA) is 104 Å². The highest BCUT2D eigenvalue weighted by atomic mass is 16.4. The van der Waals surface area contributed by atoms with Crippen molar-refractivity contribution in [1.82, 2.24) is 0 Å². The Morgan fingerprint density at radius 3 is 2.25 bits per heavy atom. The molecule has 1 atom stereocenters. The van der Waals surface area contributed by atoms with Gasteiger partial charge in [-0.2, -0.15) is 0 Å². The molecule has 3 N–H and O–H groups in total. The largest absolute Gasteiger partial charge is 0.504 e. The van der Waals surface area contributed by atoms with Crippen LogP contribution in [0.5, 0.6) is 5.75 Å². The number of aromatic hydroxyl groups is 1. The first-order valence-corrected chi connectivity index (χ1v) is 5.96. The van der Waals surface area contributed by atoms with Gasteiger partial charge in [-0.15, -0.1) is 0 Å². The molecule has 20 heavy (non-hydrogen) atoms. The summed E-state index contributed by atoms with van der Waals surface area (Å²) in [6.45, 7) is 3.34. The molecule has 0 spiro atoms. The number of aliphatic hydroxyl groups excluding tert-OH is 1. The molecule has 0 aliphatic carbocycles. The van der Waals surface area contributed by atoms with Crippen LogP contribution in [0.3, 0.4) is 0 Å². The maximum atomic E-state index is 11.1. The predicted octanol–water partition coefficient (Wildman–Crippen LogP) is 2.62. The molecule has 6 nitrogen and oxygen atoms in total. The Morgan fingerprint density at radius 1 is 1.10 bits per heavy atom. The molecule has 0 saturated heterocycles. The molecule has 0 radical (unpaired) electrons. The number of hydrogen-bond acceptors (Lipinski definition) is 5. The fourth-order valence-corrected chi connectivity index (χ4v) is 2.42. The van der Waals surface area contributed by atoms with Crippen LogP contribution in [0.25, 0.3) is 21.9 Å². The molecule has 1 aromatic carbocycles. The van der Waals surface area contributed by atoms with Gasteiger partial charge in [0.2, 0.25) is 0 Å². The zero-order valence-corrected chi connectivity index (χ0v) is 10.8. The van der Waals surface area contributed by atoms with Crippen LogP contribution in [0, 0.1) is 13.8 Å². The van der Waals surface area contributed by atoms with Gasteiger partial charge in [-0.25, -0.2) is 4.79 Å². The van der Waals surface area contributed by atoms with Crippen molar-refractivity contribution in [3.63, 3.8) is 0 Å². The fraction of sp³-hybridized carbons (Fsp3) is 0.214. The summed E-state index contributed by atoms with van der Waals surface area (Å²) in [5.41, 5.74) is 0.388. The first-order valence-electron chi connectivity index (χ1n) is 5.96. The summed E-state index contributed by atoms with van der Waals surface area (Å²) in [5, 5.41) is 29.8. The Labute approximate surface area is 112 Å². The van der Waals surface area contributed by atoms with Crippen LogP contribution in [0.2, 0.25) is 0 Å². The van der Waals surface area contributed by atoms with Crippen LogP contribution in [-0.2, 0) is 4.79 Å². The van der Waals surface area contributed by atoms with Crippen LogP contribution in [0.15, 0.2) is 21.0 Å². The molecule has 2 heterocycles. The van der Waals surface area contributed by atoms with Crippen molar-refractivity contribution in [2.75, 3.05) is 0 Å². The lowest BCUT2D eigenvalue weighted by molar-refractivity contribution is -0.146. The van der Waals surface area contributed by atoms with E-state index in [-0.39, 0.29) is 22.5 Å². The quantitative estimate of drug-likeness (QED) is 0.664. The second-order valence-corrected chi connectivity index (χ2v) is 4.70. The number of benzene rings is 1. The second kappa shape index (κ2) is 4.01. The molecule has 0 saturated carbocycles. The van der Waals surface area contributed by atoms with Crippen LogP contribution < -0.4 is 0 Å². The van der Waals surface area contributed by atoms with Crippen molar-refractivity contribution in [2.24, 2.45) is 0 Å². The average Bonchev–Trinajstić information content (AvgIpc) is 2.92. The molecule has 0 amide bonds. The van der Waals surface area contributed by atoms with Gasteiger partial charge >= 0.3 is 5.97 Å². The maximum absolute atomic E-state index is 11.1. The normalized spacial score (nSPS) is 13.2. The SMILES string of the molecule is Cc1cc2c(C(O)C(=O)O)c3oc(C)cc3c(O)c2o1. The minimum Gasteiger partial charge on any atom is -0.504 e. The molecule has 2 aromatic heterocycles. The van der Waals surface area contributed by atoms with Gasteiger partial charge in [0, 0.05) is 10.9 Å². The van der Waals surface area contributed by atoms with E-state index in [0.29, 0.717) is 22.3 Å². The molecule has 0 aliphatic heterocycles. The molecule has 3 aromatic rings. The minimum atomic E-state index is -1.76. The number of rotatable bonds is 2. The summed E-state index contributed by atoms with van der Waals surface area (Å²) in [6.07, 6.45) is -1.76. The molecule has 0 aliphatic rings. The number of carboxylic acids is 1.